The van der Waals surface area contributed by atoms with Crippen molar-refractivity contribution in [2.45, 2.75) is 46.1 Å². The molecule has 8 heteroatoms. The molecule has 0 radical (unpaired) electrons. The van der Waals surface area contributed by atoms with Gasteiger partial charge in [-0.05, 0) is 30.2 Å². The van der Waals surface area contributed by atoms with Gasteiger partial charge in [0.05, 0.1) is 23.4 Å². The Balaban J connectivity index is 2.07. The molecule has 2 heterocycles. The maximum absolute atomic E-state index is 13.0. The zero-order valence-corrected chi connectivity index (χ0v) is 17.5. The summed E-state index contributed by atoms with van der Waals surface area (Å²) in [5.41, 5.74) is 0. The summed E-state index contributed by atoms with van der Waals surface area (Å²) < 4.78 is 0. The number of carbonyl (C=O) groups is 4. The molecule has 1 aliphatic heterocycles. The van der Waals surface area contributed by atoms with Gasteiger partial charge < -0.3 is 15.5 Å². The molecule has 3 amide bonds. The SMILES string of the molecule is CCC(=O)N(CC(=O)[C@H](CC(C)C)NC(=O)c1cccs1)C[C@@H]1CCNC1=O. The molecule has 0 spiro atoms. The Hall–Kier alpha value is -2.22. The van der Waals surface area contributed by atoms with Crippen LogP contribution in [-0.4, -0.2) is 54.1 Å². The van der Waals surface area contributed by atoms with Crippen LogP contribution in [0.1, 0.15) is 49.7 Å². The summed E-state index contributed by atoms with van der Waals surface area (Å²) in [7, 11) is 0. The number of Topliss-reactive ketones (excluding diaryl/α,β-unsaturated/α-hetero) is 1. The molecular weight excluding hydrogens is 378 g/mol. The fraction of sp³-hybridized carbons (Fsp3) is 0.600. The number of amides is 3. The highest BCUT2D eigenvalue weighted by molar-refractivity contribution is 7.12. The maximum Gasteiger partial charge on any atom is 0.261 e. The van der Waals surface area contributed by atoms with Crippen molar-refractivity contribution < 1.29 is 19.2 Å². The molecule has 0 aliphatic carbocycles. The predicted octanol–water partition coefficient (Wildman–Crippen LogP) is 1.84. The first-order chi connectivity index (χ1) is 13.3. The van der Waals surface area contributed by atoms with Crippen molar-refractivity contribution in [2.75, 3.05) is 19.6 Å². The van der Waals surface area contributed by atoms with Crippen molar-refractivity contribution in [1.82, 2.24) is 15.5 Å². The third kappa shape index (κ3) is 6.15. The van der Waals surface area contributed by atoms with E-state index in [0.29, 0.717) is 24.3 Å². The molecule has 7 nitrogen and oxygen atoms in total. The Labute approximate surface area is 169 Å². The number of carbonyl (C=O) groups excluding carboxylic acids is 4. The average Bonchev–Trinajstić information content (AvgIpc) is 3.31. The summed E-state index contributed by atoms with van der Waals surface area (Å²) in [6.07, 6.45) is 1.41. The Morgan fingerprint density at radius 2 is 2.11 bits per heavy atom. The van der Waals surface area contributed by atoms with Crippen molar-refractivity contribution >= 4 is 34.8 Å². The van der Waals surface area contributed by atoms with Gasteiger partial charge in [0.2, 0.25) is 11.8 Å². The van der Waals surface area contributed by atoms with Gasteiger partial charge in [-0.25, -0.2) is 0 Å². The second-order valence-corrected chi connectivity index (χ2v) is 8.45. The minimum Gasteiger partial charge on any atom is -0.356 e. The zero-order chi connectivity index (χ0) is 20.7. The number of hydrogen-bond donors (Lipinski definition) is 2. The molecule has 2 N–H and O–H groups in total. The number of thiophene rings is 1. The maximum atomic E-state index is 13.0. The van der Waals surface area contributed by atoms with Gasteiger partial charge in [0, 0.05) is 19.5 Å². The van der Waals surface area contributed by atoms with Crippen LogP contribution in [0.5, 0.6) is 0 Å². The van der Waals surface area contributed by atoms with Crippen LogP contribution in [-0.2, 0) is 14.4 Å². The molecule has 0 saturated carbocycles. The van der Waals surface area contributed by atoms with Crippen molar-refractivity contribution in [3.05, 3.63) is 22.4 Å². The van der Waals surface area contributed by atoms with E-state index in [1.54, 1.807) is 19.1 Å². The lowest BCUT2D eigenvalue weighted by atomic mass is 9.99. The van der Waals surface area contributed by atoms with Crippen molar-refractivity contribution in [1.29, 1.82) is 0 Å². The van der Waals surface area contributed by atoms with Crippen molar-refractivity contribution in [3.8, 4) is 0 Å². The first-order valence-electron chi connectivity index (χ1n) is 9.74. The summed E-state index contributed by atoms with van der Waals surface area (Å²) >= 11 is 1.32. The second-order valence-electron chi connectivity index (χ2n) is 7.50. The molecule has 0 unspecified atom stereocenters. The Morgan fingerprint density at radius 1 is 1.36 bits per heavy atom. The van der Waals surface area contributed by atoms with Crippen LogP contribution >= 0.6 is 11.3 Å². The van der Waals surface area contributed by atoms with E-state index in [1.165, 1.54) is 16.2 Å². The van der Waals surface area contributed by atoms with Gasteiger partial charge in [-0.2, -0.15) is 0 Å². The van der Waals surface area contributed by atoms with E-state index in [2.05, 4.69) is 10.6 Å². The summed E-state index contributed by atoms with van der Waals surface area (Å²) in [5.74, 6) is -0.815. The van der Waals surface area contributed by atoms with Gasteiger partial charge in [-0.15, -0.1) is 11.3 Å². The van der Waals surface area contributed by atoms with E-state index >= 15 is 0 Å². The van der Waals surface area contributed by atoms with E-state index in [-0.39, 0.29) is 54.9 Å². The lowest BCUT2D eigenvalue weighted by Crippen LogP contribution is -2.48. The highest BCUT2D eigenvalue weighted by atomic mass is 32.1. The number of nitrogens with zero attached hydrogens (tertiary/aromatic N) is 1. The summed E-state index contributed by atoms with van der Waals surface area (Å²) in [6.45, 7) is 6.43. The Morgan fingerprint density at radius 3 is 2.64 bits per heavy atom. The zero-order valence-electron chi connectivity index (χ0n) is 16.7. The monoisotopic (exact) mass is 407 g/mol. The molecule has 1 saturated heterocycles. The Kier molecular flexibility index (Phi) is 8.17. The smallest absolute Gasteiger partial charge is 0.261 e. The van der Waals surface area contributed by atoms with Gasteiger partial charge in [0.1, 0.15) is 0 Å². The van der Waals surface area contributed by atoms with E-state index in [1.807, 2.05) is 19.2 Å². The lowest BCUT2D eigenvalue weighted by molar-refractivity contribution is -0.137. The molecule has 2 rings (SSSR count). The molecule has 1 aromatic heterocycles. The quantitative estimate of drug-likeness (QED) is 0.619. The van der Waals surface area contributed by atoms with Crippen LogP contribution in [0.2, 0.25) is 0 Å². The molecule has 0 aromatic carbocycles. The summed E-state index contributed by atoms with van der Waals surface area (Å²) in [4.78, 5) is 51.6. The van der Waals surface area contributed by atoms with Crippen LogP contribution in [0.25, 0.3) is 0 Å². The lowest BCUT2D eigenvalue weighted by Gasteiger charge is -2.27. The van der Waals surface area contributed by atoms with Crippen molar-refractivity contribution in [3.63, 3.8) is 0 Å². The summed E-state index contributed by atoms with van der Waals surface area (Å²) in [6, 6.07) is 2.83. The van der Waals surface area contributed by atoms with E-state index in [4.69, 9.17) is 0 Å². The predicted molar refractivity (Wildman–Crippen MR) is 108 cm³/mol. The highest BCUT2D eigenvalue weighted by Crippen LogP contribution is 2.15. The number of rotatable bonds is 10. The van der Waals surface area contributed by atoms with Gasteiger partial charge in [-0.1, -0.05) is 26.8 Å². The second kappa shape index (κ2) is 10.4. The van der Waals surface area contributed by atoms with E-state index in [0.717, 1.165) is 0 Å². The Bertz CT molecular complexity index is 702. The third-order valence-electron chi connectivity index (χ3n) is 4.75. The van der Waals surface area contributed by atoms with Crippen LogP contribution in [0.15, 0.2) is 17.5 Å². The molecule has 1 aromatic rings. The first-order valence-corrected chi connectivity index (χ1v) is 10.6. The normalized spacial score (nSPS) is 17.3. The fourth-order valence-corrected chi connectivity index (χ4v) is 3.87. The molecule has 154 valence electrons. The van der Waals surface area contributed by atoms with Gasteiger partial charge >= 0.3 is 0 Å². The van der Waals surface area contributed by atoms with Crippen LogP contribution in [0, 0.1) is 11.8 Å². The van der Waals surface area contributed by atoms with E-state index in [9.17, 15) is 19.2 Å². The van der Waals surface area contributed by atoms with Gasteiger partial charge in [0.25, 0.3) is 5.91 Å². The number of ketones is 1. The number of nitrogens with one attached hydrogen (secondary N) is 2. The van der Waals surface area contributed by atoms with Crippen LogP contribution in [0.4, 0.5) is 0 Å². The van der Waals surface area contributed by atoms with E-state index < -0.39 is 6.04 Å². The topological polar surface area (TPSA) is 95.6 Å². The molecule has 28 heavy (non-hydrogen) atoms. The van der Waals surface area contributed by atoms with Gasteiger partial charge in [-0.3, -0.25) is 19.2 Å². The number of hydrogen-bond acceptors (Lipinski definition) is 5. The fourth-order valence-electron chi connectivity index (χ4n) is 3.24. The molecule has 2 atom stereocenters. The largest absolute Gasteiger partial charge is 0.356 e. The standard InChI is InChI=1S/C20H29N3O4S/c1-4-18(25)23(11-14-7-8-21-19(14)26)12-16(24)15(10-13(2)3)22-20(27)17-6-5-9-28-17/h5-6,9,13-15H,4,7-8,10-12H2,1-3H3,(H,21,26)(H,22,27)/t14-,15-/m0/s1. The molecule has 0 bridgehead atoms. The minimum absolute atomic E-state index is 0.0777. The highest BCUT2D eigenvalue weighted by Gasteiger charge is 2.31. The van der Waals surface area contributed by atoms with Crippen molar-refractivity contribution in [2.24, 2.45) is 11.8 Å². The first kappa shape index (κ1) is 22.1. The van der Waals surface area contributed by atoms with Gasteiger partial charge in [0.15, 0.2) is 5.78 Å². The third-order valence-corrected chi connectivity index (χ3v) is 5.62. The molecular formula is C20H29N3O4S. The average molecular weight is 408 g/mol. The minimum atomic E-state index is -0.667. The molecule has 1 aliphatic rings. The molecule has 1 fully saturated rings. The van der Waals surface area contributed by atoms with Crippen LogP contribution < -0.4 is 10.6 Å². The van der Waals surface area contributed by atoms with Crippen LogP contribution in [0.3, 0.4) is 0 Å². The summed E-state index contributed by atoms with van der Waals surface area (Å²) in [5, 5.41) is 7.39.